The van der Waals surface area contributed by atoms with Crippen molar-refractivity contribution < 1.29 is 4.52 Å². The molecule has 0 saturated heterocycles. The Morgan fingerprint density at radius 3 is 2.75 bits per heavy atom. The molecule has 0 spiro atoms. The zero-order valence-electron chi connectivity index (χ0n) is 10.5. The molecule has 0 saturated carbocycles. The van der Waals surface area contributed by atoms with E-state index >= 15 is 0 Å². The van der Waals surface area contributed by atoms with Crippen LogP contribution in [0.5, 0.6) is 0 Å². The number of thioether (sulfide) groups is 1. The predicted octanol–water partition coefficient (Wildman–Crippen LogP) is 2.60. The summed E-state index contributed by atoms with van der Waals surface area (Å²) in [6, 6.07) is 0. The minimum Gasteiger partial charge on any atom is -0.338 e. The lowest BCUT2D eigenvalue weighted by Gasteiger charge is -2.15. The van der Waals surface area contributed by atoms with E-state index in [1.54, 1.807) is 0 Å². The summed E-state index contributed by atoms with van der Waals surface area (Å²) >= 11 is 1.82. The average Bonchev–Trinajstić information content (AvgIpc) is 2.62. The van der Waals surface area contributed by atoms with Crippen molar-refractivity contribution in [1.82, 2.24) is 15.5 Å². The SMILES string of the molecule is CCCNCc1nc(CSC(C)(C)C)no1. The van der Waals surface area contributed by atoms with Crippen molar-refractivity contribution in [1.29, 1.82) is 0 Å². The maximum atomic E-state index is 5.14. The van der Waals surface area contributed by atoms with E-state index in [4.69, 9.17) is 4.52 Å². The largest absolute Gasteiger partial charge is 0.338 e. The van der Waals surface area contributed by atoms with Crippen molar-refractivity contribution in [2.45, 2.75) is 51.2 Å². The maximum absolute atomic E-state index is 5.14. The Morgan fingerprint density at radius 1 is 1.38 bits per heavy atom. The van der Waals surface area contributed by atoms with Crippen molar-refractivity contribution in [3.63, 3.8) is 0 Å². The van der Waals surface area contributed by atoms with Crippen molar-refractivity contribution in [2.75, 3.05) is 6.54 Å². The van der Waals surface area contributed by atoms with Gasteiger partial charge in [0.05, 0.1) is 12.3 Å². The molecule has 0 radical (unpaired) electrons. The van der Waals surface area contributed by atoms with Gasteiger partial charge >= 0.3 is 0 Å². The second-order valence-electron chi connectivity index (χ2n) is 4.68. The van der Waals surface area contributed by atoms with Crippen LogP contribution in [0, 0.1) is 0 Å². The maximum Gasteiger partial charge on any atom is 0.240 e. The summed E-state index contributed by atoms with van der Waals surface area (Å²) in [4.78, 5) is 4.32. The summed E-state index contributed by atoms with van der Waals surface area (Å²) in [6.45, 7) is 10.3. The highest BCUT2D eigenvalue weighted by Gasteiger charge is 2.13. The van der Waals surface area contributed by atoms with Gasteiger partial charge in [0, 0.05) is 4.75 Å². The lowest BCUT2D eigenvalue weighted by atomic mass is 10.3. The first-order valence-electron chi connectivity index (χ1n) is 5.67. The number of hydrogen-bond donors (Lipinski definition) is 1. The molecule has 4 nitrogen and oxygen atoms in total. The molecule has 1 aromatic rings. The van der Waals surface area contributed by atoms with Gasteiger partial charge in [0.15, 0.2) is 5.82 Å². The zero-order valence-corrected chi connectivity index (χ0v) is 11.4. The van der Waals surface area contributed by atoms with Crippen LogP contribution in [-0.2, 0) is 12.3 Å². The standard InChI is InChI=1S/C11H21N3OS/c1-5-6-12-7-10-13-9(14-15-10)8-16-11(2,3)4/h12H,5-8H2,1-4H3. The Bertz CT molecular complexity index is 306. The second-order valence-corrected chi connectivity index (χ2v) is 6.48. The first-order chi connectivity index (χ1) is 7.51. The number of rotatable bonds is 6. The summed E-state index contributed by atoms with van der Waals surface area (Å²) in [5.74, 6) is 2.27. The molecule has 0 atom stereocenters. The lowest BCUT2D eigenvalue weighted by molar-refractivity contribution is 0.364. The van der Waals surface area contributed by atoms with Crippen molar-refractivity contribution in [3.05, 3.63) is 11.7 Å². The fourth-order valence-electron chi connectivity index (χ4n) is 1.07. The fraction of sp³-hybridized carbons (Fsp3) is 0.818. The van der Waals surface area contributed by atoms with E-state index < -0.39 is 0 Å². The van der Waals surface area contributed by atoms with Crippen LogP contribution in [0.1, 0.15) is 45.8 Å². The third kappa shape index (κ3) is 5.51. The third-order valence-electron chi connectivity index (χ3n) is 1.85. The molecule has 0 aliphatic rings. The number of aromatic nitrogens is 2. The van der Waals surface area contributed by atoms with Gasteiger partial charge in [-0.15, -0.1) is 11.8 Å². The molecule has 0 aromatic carbocycles. The smallest absolute Gasteiger partial charge is 0.240 e. The van der Waals surface area contributed by atoms with Crippen LogP contribution in [-0.4, -0.2) is 21.4 Å². The Labute approximate surface area is 102 Å². The normalized spacial score (nSPS) is 12.0. The summed E-state index contributed by atoms with van der Waals surface area (Å²) in [5.41, 5.74) is 0. The van der Waals surface area contributed by atoms with E-state index in [1.807, 2.05) is 11.8 Å². The van der Waals surface area contributed by atoms with Gasteiger partial charge in [-0.2, -0.15) is 4.98 Å². The lowest BCUT2D eigenvalue weighted by Crippen LogP contribution is -2.14. The van der Waals surface area contributed by atoms with Crippen LogP contribution >= 0.6 is 11.8 Å². The van der Waals surface area contributed by atoms with E-state index in [0.29, 0.717) is 12.4 Å². The van der Waals surface area contributed by atoms with E-state index in [1.165, 1.54) is 0 Å². The first kappa shape index (κ1) is 13.5. The molecule has 0 fully saturated rings. The summed E-state index contributed by atoms with van der Waals surface area (Å²) in [6.07, 6.45) is 1.11. The Kier molecular flexibility index (Phi) is 5.28. The van der Waals surface area contributed by atoms with Crippen LogP contribution in [0.2, 0.25) is 0 Å². The van der Waals surface area contributed by atoms with Crippen LogP contribution in [0.15, 0.2) is 4.52 Å². The van der Waals surface area contributed by atoms with E-state index in [9.17, 15) is 0 Å². The summed E-state index contributed by atoms with van der Waals surface area (Å²) in [5, 5.41) is 7.19. The van der Waals surface area contributed by atoms with Gasteiger partial charge in [-0.1, -0.05) is 32.9 Å². The number of nitrogens with one attached hydrogen (secondary N) is 1. The predicted molar refractivity (Wildman–Crippen MR) is 67.3 cm³/mol. The number of hydrogen-bond acceptors (Lipinski definition) is 5. The molecule has 1 rings (SSSR count). The van der Waals surface area contributed by atoms with E-state index in [2.05, 4.69) is 43.2 Å². The van der Waals surface area contributed by atoms with Gasteiger partial charge < -0.3 is 9.84 Å². The fourth-order valence-corrected chi connectivity index (χ4v) is 1.75. The van der Waals surface area contributed by atoms with Gasteiger partial charge in [-0.25, -0.2) is 0 Å². The topological polar surface area (TPSA) is 51.0 Å². The molecule has 0 aliphatic carbocycles. The van der Waals surface area contributed by atoms with Crippen molar-refractivity contribution >= 4 is 11.8 Å². The molecule has 92 valence electrons. The molecule has 0 unspecified atom stereocenters. The van der Waals surface area contributed by atoms with Gasteiger partial charge in [0.2, 0.25) is 5.89 Å². The van der Waals surface area contributed by atoms with Crippen LogP contribution in [0.25, 0.3) is 0 Å². The minimum absolute atomic E-state index is 0.237. The zero-order chi connectivity index (χ0) is 12.0. The van der Waals surface area contributed by atoms with Crippen molar-refractivity contribution in [2.24, 2.45) is 0 Å². The van der Waals surface area contributed by atoms with Gasteiger partial charge in [0.1, 0.15) is 0 Å². The molecule has 1 aromatic heterocycles. The van der Waals surface area contributed by atoms with Gasteiger partial charge in [-0.05, 0) is 13.0 Å². The number of nitrogens with zero attached hydrogens (tertiary/aromatic N) is 2. The van der Waals surface area contributed by atoms with Crippen LogP contribution in [0.3, 0.4) is 0 Å². The molecule has 0 amide bonds. The van der Waals surface area contributed by atoms with Gasteiger partial charge in [-0.3, -0.25) is 0 Å². The highest BCUT2D eigenvalue weighted by atomic mass is 32.2. The monoisotopic (exact) mass is 243 g/mol. The first-order valence-corrected chi connectivity index (χ1v) is 6.66. The molecular formula is C11H21N3OS. The molecule has 1 heterocycles. The van der Waals surface area contributed by atoms with Gasteiger partial charge in [0.25, 0.3) is 0 Å². The Morgan fingerprint density at radius 2 is 2.12 bits per heavy atom. The highest BCUT2D eigenvalue weighted by Crippen LogP contribution is 2.25. The molecular weight excluding hydrogens is 222 g/mol. The molecule has 0 bridgehead atoms. The van der Waals surface area contributed by atoms with E-state index in [0.717, 1.165) is 24.5 Å². The minimum atomic E-state index is 0.237. The van der Waals surface area contributed by atoms with Crippen LogP contribution < -0.4 is 5.32 Å². The van der Waals surface area contributed by atoms with Crippen molar-refractivity contribution in [3.8, 4) is 0 Å². The molecule has 0 aliphatic heterocycles. The summed E-state index contributed by atoms with van der Waals surface area (Å²) < 4.78 is 5.38. The quantitative estimate of drug-likeness (QED) is 0.778. The molecule has 16 heavy (non-hydrogen) atoms. The van der Waals surface area contributed by atoms with E-state index in [-0.39, 0.29) is 4.75 Å². The average molecular weight is 243 g/mol. The Hall–Kier alpha value is -0.550. The Balaban J connectivity index is 2.33. The molecule has 1 N–H and O–H groups in total. The van der Waals surface area contributed by atoms with Crippen LogP contribution in [0.4, 0.5) is 0 Å². The highest BCUT2D eigenvalue weighted by molar-refractivity contribution is 7.99. The second kappa shape index (κ2) is 6.25. The molecule has 5 heteroatoms. The summed E-state index contributed by atoms with van der Waals surface area (Å²) in [7, 11) is 0. The third-order valence-corrected chi connectivity index (χ3v) is 3.12.